The van der Waals surface area contributed by atoms with Gasteiger partial charge in [-0.15, -0.1) is 22.8 Å². The van der Waals surface area contributed by atoms with Gasteiger partial charge in [0.15, 0.2) is 5.82 Å². The lowest BCUT2D eigenvalue weighted by Gasteiger charge is -2.09. The molecule has 0 saturated carbocycles. The fraction of sp³-hybridized carbons (Fsp3) is 0.667. The molecule has 1 atom stereocenters. The van der Waals surface area contributed by atoms with Gasteiger partial charge in [0.2, 0.25) is 5.16 Å². The highest BCUT2D eigenvalue weighted by Crippen LogP contribution is 2.14. The number of aromatic nitrogens is 3. The summed E-state index contributed by atoms with van der Waals surface area (Å²) in [5, 5.41) is 7.90. The maximum absolute atomic E-state index is 5.57. The van der Waals surface area contributed by atoms with Gasteiger partial charge >= 0.3 is 0 Å². The summed E-state index contributed by atoms with van der Waals surface area (Å²) >= 11 is 3.99. The molecule has 0 aromatic carbocycles. The number of hydrogen-bond acceptors (Lipinski definition) is 5. The Labute approximate surface area is 76.3 Å². The number of hydrogen-bond donors (Lipinski definition) is 2. The lowest BCUT2D eigenvalue weighted by molar-refractivity contribution is 0.0681. The number of thiol groups is 1. The van der Waals surface area contributed by atoms with Crippen molar-refractivity contribution in [1.29, 1.82) is 0 Å². The van der Waals surface area contributed by atoms with Crippen molar-refractivity contribution in [2.45, 2.75) is 25.1 Å². The van der Waals surface area contributed by atoms with Gasteiger partial charge in [0.25, 0.3) is 0 Å². The van der Waals surface area contributed by atoms with E-state index in [0.29, 0.717) is 17.6 Å². The van der Waals surface area contributed by atoms with E-state index in [1.54, 1.807) is 0 Å². The number of nitrogens with two attached hydrogens (primary N) is 1. The zero-order chi connectivity index (χ0) is 9.14. The van der Waals surface area contributed by atoms with Crippen LogP contribution in [0.15, 0.2) is 5.16 Å². The van der Waals surface area contributed by atoms with E-state index in [-0.39, 0.29) is 6.10 Å². The highest BCUT2D eigenvalue weighted by atomic mass is 32.1. The highest BCUT2D eigenvalue weighted by Gasteiger charge is 2.13. The van der Waals surface area contributed by atoms with Crippen LogP contribution < -0.4 is 5.84 Å². The smallest absolute Gasteiger partial charge is 0.206 e. The van der Waals surface area contributed by atoms with Crippen LogP contribution in [0, 0.1) is 0 Å². The Balaban J connectivity index is 2.80. The van der Waals surface area contributed by atoms with Crippen LogP contribution in [0.3, 0.4) is 0 Å². The van der Waals surface area contributed by atoms with E-state index in [2.05, 4.69) is 22.8 Å². The summed E-state index contributed by atoms with van der Waals surface area (Å²) in [6.07, 6.45) is -0.145. The van der Waals surface area contributed by atoms with Gasteiger partial charge in [0.05, 0.1) is 0 Å². The topological polar surface area (TPSA) is 66.0 Å². The Kier molecular flexibility index (Phi) is 2.93. The van der Waals surface area contributed by atoms with Gasteiger partial charge in [-0.2, -0.15) is 0 Å². The number of nitrogens with zero attached hydrogens (tertiary/aromatic N) is 3. The predicted molar refractivity (Wildman–Crippen MR) is 47.5 cm³/mol. The van der Waals surface area contributed by atoms with Crippen LogP contribution in [0.25, 0.3) is 0 Å². The van der Waals surface area contributed by atoms with Crippen LogP contribution in [0.5, 0.6) is 0 Å². The standard InChI is InChI=1S/C6H12N4OS/c1-3-11-4(2)5-8-9-6(12)10(5)7/h4H,3,7H2,1-2H3,(H,9,12). The first-order valence-corrected chi connectivity index (χ1v) is 4.12. The van der Waals surface area contributed by atoms with E-state index in [1.807, 2.05) is 13.8 Å². The minimum atomic E-state index is -0.145. The third-order valence-electron chi connectivity index (χ3n) is 1.48. The van der Waals surface area contributed by atoms with Crippen molar-refractivity contribution in [2.24, 2.45) is 0 Å². The van der Waals surface area contributed by atoms with E-state index in [4.69, 9.17) is 10.6 Å². The van der Waals surface area contributed by atoms with E-state index < -0.39 is 0 Å². The van der Waals surface area contributed by atoms with Crippen LogP contribution in [0.1, 0.15) is 25.8 Å². The minimum absolute atomic E-state index is 0.145. The minimum Gasteiger partial charge on any atom is -0.371 e. The molecule has 1 rings (SSSR count). The van der Waals surface area contributed by atoms with E-state index >= 15 is 0 Å². The average Bonchev–Trinajstić information content (AvgIpc) is 2.34. The molecule has 0 radical (unpaired) electrons. The van der Waals surface area contributed by atoms with Crippen molar-refractivity contribution < 1.29 is 4.74 Å². The van der Waals surface area contributed by atoms with Crippen molar-refractivity contribution in [3.63, 3.8) is 0 Å². The molecule has 5 nitrogen and oxygen atoms in total. The summed E-state index contributed by atoms with van der Waals surface area (Å²) < 4.78 is 6.59. The summed E-state index contributed by atoms with van der Waals surface area (Å²) in [5.74, 6) is 6.15. The molecule has 0 spiro atoms. The molecule has 0 fully saturated rings. The molecule has 0 aliphatic rings. The maximum Gasteiger partial charge on any atom is 0.206 e. The molecule has 0 aliphatic heterocycles. The second kappa shape index (κ2) is 3.77. The van der Waals surface area contributed by atoms with Gasteiger partial charge in [-0.05, 0) is 13.8 Å². The number of rotatable bonds is 3. The SMILES string of the molecule is CCOC(C)c1nnc(S)n1N. The van der Waals surface area contributed by atoms with Crippen LogP contribution in [-0.4, -0.2) is 21.5 Å². The lowest BCUT2D eigenvalue weighted by Crippen LogP contribution is -2.16. The van der Waals surface area contributed by atoms with Crippen molar-refractivity contribution in [2.75, 3.05) is 12.4 Å². The molecule has 12 heavy (non-hydrogen) atoms. The first-order valence-electron chi connectivity index (χ1n) is 3.67. The molecule has 0 amide bonds. The molecule has 1 aromatic rings. The molecule has 68 valence electrons. The van der Waals surface area contributed by atoms with Crippen molar-refractivity contribution in [3.8, 4) is 0 Å². The molecule has 6 heteroatoms. The fourth-order valence-electron chi connectivity index (χ4n) is 0.896. The van der Waals surface area contributed by atoms with Gasteiger partial charge in [-0.1, -0.05) is 0 Å². The quantitative estimate of drug-likeness (QED) is 0.531. The summed E-state index contributed by atoms with van der Waals surface area (Å²) in [4.78, 5) is 0. The van der Waals surface area contributed by atoms with Crippen molar-refractivity contribution >= 4 is 12.6 Å². The van der Waals surface area contributed by atoms with Crippen LogP contribution >= 0.6 is 12.6 Å². The summed E-state index contributed by atoms with van der Waals surface area (Å²) in [5.41, 5.74) is 0. The van der Waals surface area contributed by atoms with E-state index in [0.717, 1.165) is 0 Å². The average molecular weight is 188 g/mol. The molecule has 1 aromatic heterocycles. The molecule has 2 N–H and O–H groups in total. The molecule has 1 unspecified atom stereocenters. The summed E-state index contributed by atoms with van der Waals surface area (Å²) in [7, 11) is 0. The second-order valence-electron chi connectivity index (χ2n) is 2.33. The second-order valence-corrected chi connectivity index (χ2v) is 2.73. The van der Waals surface area contributed by atoms with Gasteiger partial charge in [0, 0.05) is 6.61 Å². The molecule has 1 heterocycles. The Morgan fingerprint density at radius 2 is 2.33 bits per heavy atom. The maximum atomic E-state index is 5.57. The van der Waals surface area contributed by atoms with Gasteiger partial charge < -0.3 is 10.6 Å². The Morgan fingerprint density at radius 3 is 2.75 bits per heavy atom. The van der Waals surface area contributed by atoms with Gasteiger partial charge in [-0.25, -0.2) is 4.68 Å². The largest absolute Gasteiger partial charge is 0.371 e. The van der Waals surface area contributed by atoms with Crippen LogP contribution in [0.2, 0.25) is 0 Å². The molecule has 0 bridgehead atoms. The fourth-order valence-corrected chi connectivity index (χ4v) is 1.04. The van der Waals surface area contributed by atoms with Crippen LogP contribution in [0.4, 0.5) is 0 Å². The van der Waals surface area contributed by atoms with Crippen molar-refractivity contribution in [3.05, 3.63) is 5.82 Å². The molecular weight excluding hydrogens is 176 g/mol. The first kappa shape index (κ1) is 9.34. The molecule has 0 aliphatic carbocycles. The monoisotopic (exact) mass is 188 g/mol. The van der Waals surface area contributed by atoms with Gasteiger partial charge in [-0.3, -0.25) is 0 Å². The highest BCUT2D eigenvalue weighted by molar-refractivity contribution is 7.80. The normalized spacial score (nSPS) is 13.2. The summed E-state index contributed by atoms with van der Waals surface area (Å²) in [6, 6.07) is 0. The van der Waals surface area contributed by atoms with Crippen LogP contribution in [-0.2, 0) is 4.74 Å². The third kappa shape index (κ3) is 1.70. The summed E-state index contributed by atoms with van der Waals surface area (Å²) in [6.45, 7) is 4.40. The van der Waals surface area contributed by atoms with Gasteiger partial charge in [0.1, 0.15) is 6.10 Å². The molecule has 0 saturated heterocycles. The number of nitrogen functional groups attached to an aromatic ring is 1. The zero-order valence-corrected chi connectivity index (χ0v) is 7.95. The Hall–Kier alpha value is -0.750. The first-order chi connectivity index (χ1) is 5.66. The number of ether oxygens (including phenoxy) is 1. The van der Waals surface area contributed by atoms with E-state index in [1.165, 1.54) is 4.68 Å². The lowest BCUT2D eigenvalue weighted by atomic mass is 10.4. The Bertz CT molecular complexity index is 262. The van der Waals surface area contributed by atoms with Crippen molar-refractivity contribution in [1.82, 2.24) is 14.9 Å². The Morgan fingerprint density at radius 1 is 1.67 bits per heavy atom. The molecular formula is C6H12N4OS. The third-order valence-corrected chi connectivity index (χ3v) is 1.79. The predicted octanol–water partition coefficient (Wildman–Crippen LogP) is 0.378. The zero-order valence-electron chi connectivity index (χ0n) is 7.06. The van der Waals surface area contributed by atoms with E-state index in [9.17, 15) is 0 Å².